The molecule has 0 aromatic heterocycles. The van der Waals surface area contributed by atoms with Crippen LogP contribution in [-0.4, -0.2) is 80.5 Å². The summed E-state index contributed by atoms with van der Waals surface area (Å²) in [5.41, 5.74) is 0. The summed E-state index contributed by atoms with van der Waals surface area (Å²) < 4.78 is 2.04. The molecule has 0 spiro atoms. The van der Waals surface area contributed by atoms with Gasteiger partial charge in [0.05, 0.1) is 60.5 Å². The van der Waals surface area contributed by atoms with Crippen LogP contribution in [0, 0.1) is 29.6 Å². The summed E-state index contributed by atoms with van der Waals surface area (Å²) in [7, 11) is 9.13. The van der Waals surface area contributed by atoms with Gasteiger partial charge in [-0.2, -0.15) is 0 Å². The first-order chi connectivity index (χ1) is 10.9. The lowest BCUT2D eigenvalue weighted by molar-refractivity contribution is -0.884. The number of carbonyl (C=O) groups excluding carboxylic acids is 1. The van der Waals surface area contributed by atoms with Crippen molar-refractivity contribution in [3.63, 3.8) is 0 Å². The lowest BCUT2D eigenvalue weighted by Crippen LogP contribution is -2.39. The number of carboxylic acid groups (broad SMARTS) is 1. The lowest BCUT2D eigenvalue weighted by atomic mass is 9.75. The fourth-order valence-corrected chi connectivity index (χ4v) is 5.66. The Hall–Kier alpha value is -0.650. The largest absolute Gasteiger partial charge is 0.550 e. The van der Waals surface area contributed by atoms with Crippen LogP contribution < -0.4 is 5.11 Å². The molecule has 0 saturated carbocycles. The number of nitrogens with zero attached hydrogens (tertiary/aromatic N) is 2. The molecule has 6 atom stereocenters. The van der Waals surface area contributed by atoms with E-state index in [1.807, 2.05) is 0 Å². The zero-order chi connectivity index (χ0) is 18.3. The van der Waals surface area contributed by atoms with E-state index in [0.29, 0.717) is 36.5 Å². The molecule has 0 bridgehead atoms. The smallest absolute Gasteiger partial charge is 0.0821 e. The number of hydrogen-bond donors (Lipinski definition) is 1. The second-order valence-corrected chi connectivity index (χ2v) is 10.0. The molecule has 2 aliphatic rings. The van der Waals surface area contributed by atoms with Gasteiger partial charge in [0.1, 0.15) is 0 Å². The van der Waals surface area contributed by atoms with E-state index in [4.69, 9.17) is 0 Å². The lowest BCUT2D eigenvalue weighted by Gasteiger charge is -2.28. The SMILES string of the molecule is CC(O)CC(CC1C[N+](C)(C)CC1C1C[N+](C)(C)CC1C)C(=O)[O-]. The third-order valence-electron chi connectivity index (χ3n) is 6.35. The van der Waals surface area contributed by atoms with E-state index < -0.39 is 18.0 Å². The van der Waals surface area contributed by atoms with Gasteiger partial charge in [-0.05, 0) is 19.8 Å². The maximum Gasteiger partial charge on any atom is 0.0821 e. The average molecular weight is 342 g/mol. The summed E-state index contributed by atoms with van der Waals surface area (Å²) in [4.78, 5) is 11.5. The minimum atomic E-state index is -0.998. The predicted octanol–water partition coefficient (Wildman–Crippen LogP) is 0.178. The van der Waals surface area contributed by atoms with Gasteiger partial charge in [0.2, 0.25) is 0 Å². The van der Waals surface area contributed by atoms with Crippen molar-refractivity contribution in [1.29, 1.82) is 0 Å². The fraction of sp³-hybridized carbons (Fsp3) is 0.947. The summed E-state index contributed by atoms with van der Waals surface area (Å²) in [5, 5.41) is 21.2. The Morgan fingerprint density at radius 2 is 1.62 bits per heavy atom. The molecule has 2 heterocycles. The Morgan fingerprint density at radius 1 is 1.08 bits per heavy atom. The van der Waals surface area contributed by atoms with E-state index in [1.54, 1.807) is 6.92 Å². The molecule has 0 radical (unpaired) electrons. The van der Waals surface area contributed by atoms with Crippen molar-refractivity contribution in [2.24, 2.45) is 29.6 Å². The molecule has 0 aliphatic carbocycles. The Labute approximate surface area is 147 Å². The van der Waals surface area contributed by atoms with E-state index >= 15 is 0 Å². The van der Waals surface area contributed by atoms with Crippen molar-refractivity contribution >= 4 is 5.97 Å². The van der Waals surface area contributed by atoms with Crippen molar-refractivity contribution in [2.45, 2.75) is 32.8 Å². The van der Waals surface area contributed by atoms with Crippen LogP contribution in [-0.2, 0) is 4.79 Å². The van der Waals surface area contributed by atoms with Crippen molar-refractivity contribution in [2.75, 3.05) is 54.4 Å². The van der Waals surface area contributed by atoms with Crippen molar-refractivity contribution in [3.8, 4) is 0 Å². The van der Waals surface area contributed by atoms with Crippen LogP contribution in [0.15, 0.2) is 0 Å². The van der Waals surface area contributed by atoms with Crippen LogP contribution in [0.4, 0.5) is 0 Å². The third kappa shape index (κ3) is 4.70. The number of aliphatic hydroxyl groups excluding tert-OH is 1. The van der Waals surface area contributed by atoms with Gasteiger partial charge in [0.25, 0.3) is 0 Å². The first-order valence-electron chi connectivity index (χ1n) is 9.43. The van der Waals surface area contributed by atoms with E-state index in [1.165, 1.54) is 13.1 Å². The highest BCUT2D eigenvalue weighted by Crippen LogP contribution is 2.43. The van der Waals surface area contributed by atoms with Crippen molar-refractivity contribution in [1.82, 2.24) is 0 Å². The molecule has 0 amide bonds. The second kappa shape index (κ2) is 6.93. The van der Waals surface area contributed by atoms with Gasteiger partial charge in [-0.15, -0.1) is 0 Å². The molecule has 0 aromatic carbocycles. The number of carboxylic acids is 1. The Kier molecular flexibility index (Phi) is 5.68. The molecule has 6 unspecified atom stereocenters. The first-order valence-corrected chi connectivity index (χ1v) is 9.43. The Morgan fingerprint density at radius 3 is 2.08 bits per heavy atom. The third-order valence-corrected chi connectivity index (χ3v) is 6.35. The number of hydrogen-bond acceptors (Lipinski definition) is 3. The highest BCUT2D eigenvalue weighted by molar-refractivity contribution is 5.67. The zero-order valence-corrected chi connectivity index (χ0v) is 16.4. The monoisotopic (exact) mass is 341 g/mol. The molecule has 5 nitrogen and oxygen atoms in total. The summed E-state index contributed by atoms with van der Waals surface area (Å²) in [6, 6.07) is 0. The molecule has 2 rings (SSSR count). The van der Waals surface area contributed by atoms with Crippen LogP contribution in [0.2, 0.25) is 0 Å². The highest BCUT2D eigenvalue weighted by Gasteiger charge is 2.51. The maximum absolute atomic E-state index is 11.5. The molecule has 2 fully saturated rings. The molecule has 140 valence electrons. The predicted molar refractivity (Wildman–Crippen MR) is 92.7 cm³/mol. The van der Waals surface area contributed by atoms with Gasteiger partial charge >= 0.3 is 0 Å². The molecule has 2 aliphatic heterocycles. The van der Waals surface area contributed by atoms with Crippen LogP contribution in [0.25, 0.3) is 0 Å². The number of carbonyl (C=O) groups is 1. The number of rotatable bonds is 6. The van der Waals surface area contributed by atoms with E-state index in [2.05, 4.69) is 35.1 Å². The molecule has 1 N–H and O–H groups in total. The minimum absolute atomic E-state index is 0.306. The summed E-state index contributed by atoms with van der Waals surface area (Å²) in [5.74, 6) is 0.804. The standard InChI is InChI=1S/C19H37N2O3/c1-13-9-20(3,4)11-17(13)18-12-21(5,6)10-16(18)8-15(19(23)24)7-14(2)22/h13-18,22H,7-12H2,1-6H3/q+1. The number of likely N-dealkylation sites (tertiary alicyclic amines) is 2. The van der Waals surface area contributed by atoms with E-state index in [0.717, 1.165) is 22.1 Å². The minimum Gasteiger partial charge on any atom is -0.550 e. The van der Waals surface area contributed by atoms with Gasteiger partial charge < -0.3 is 24.0 Å². The molecule has 5 heteroatoms. The molecular formula is C19H37N2O3+. The highest BCUT2D eigenvalue weighted by atomic mass is 16.4. The molecule has 0 aromatic rings. The van der Waals surface area contributed by atoms with Gasteiger partial charge in [0.15, 0.2) is 0 Å². The zero-order valence-electron chi connectivity index (χ0n) is 16.4. The maximum atomic E-state index is 11.5. The van der Waals surface area contributed by atoms with Crippen LogP contribution in [0.3, 0.4) is 0 Å². The van der Waals surface area contributed by atoms with Gasteiger partial charge in [-0.3, -0.25) is 0 Å². The normalized spacial score (nSPS) is 37.3. The first kappa shape index (κ1) is 19.7. The second-order valence-electron chi connectivity index (χ2n) is 10.0. The number of aliphatic carboxylic acids is 1. The Bertz CT molecular complexity index is 462. The number of aliphatic hydroxyl groups is 1. The van der Waals surface area contributed by atoms with Crippen LogP contribution >= 0.6 is 0 Å². The molecule has 24 heavy (non-hydrogen) atoms. The van der Waals surface area contributed by atoms with Gasteiger partial charge in [-0.1, -0.05) is 6.92 Å². The van der Waals surface area contributed by atoms with Gasteiger partial charge in [0, 0.05) is 35.6 Å². The average Bonchev–Trinajstić information content (AvgIpc) is 2.83. The quantitative estimate of drug-likeness (QED) is 0.701. The fourth-order valence-electron chi connectivity index (χ4n) is 5.66. The Balaban J connectivity index is 2.15. The molecular weight excluding hydrogens is 304 g/mol. The van der Waals surface area contributed by atoms with Crippen LogP contribution in [0.5, 0.6) is 0 Å². The summed E-state index contributed by atoms with van der Waals surface area (Å²) in [6.07, 6.45) is 0.369. The van der Waals surface area contributed by atoms with Gasteiger partial charge in [-0.25, -0.2) is 0 Å². The molecule has 2 saturated heterocycles. The van der Waals surface area contributed by atoms with Crippen LogP contribution in [0.1, 0.15) is 26.7 Å². The summed E-state index contributed by atoms with van der Waals surface area (Å²) in [6.45, 7) is 8.59. The van der Waals surface area contributed by atoms with Crippen molar-refractivity contribution < 1.29 is 24.0 Å². The van der Waals surface area contributed by atoms with E-state index in [9.17, 15) is 15.0 Å². The summed E-state index contributed by atoms with van der Waals surface area (Å²) >= 11 is 0. The number of quaternary nitrogens is 2. The van der Waals surface area contributed by atoms with Crippen molar-refractivity contribution in [3.05, 3.63) is 0 Å². The topological polar surface area (TPSA) is 60.4 Å². The van der Waals surface area contributed by atoms with E-state index in [-0.39, 0.29) is 0 Å².